The minimum Gasteiger partial charge on any atom is -0.469 e. The number of methoxy groups -OCH3 is 2. The molecule has 4 rings (SSSR count). The molecule has 188 valence electrons. The Kier molecular flexibility index (Phi) is 9.24. The number of hydrogen-bond acceptors (Lipinski definition) is 4. The molecule has 0 aromatic heterocycles. The van der Waals surface area contributed by atoms with Crippen molar-refractivity contribution in [3.8, 4) is 11.1 Å². The van der Waals surface area contributed by atoms with Crippen LogP contribution in [0.4, 0.5) is 0 Å². The molecule has 0 aliphatic carbocycles. The van der Waals surface area contributed by atoms with Gasteiger partial charge in [-0.25, -0.2) is 0 Å². The van der Waals surface area contributed by atoms with E-state index in [0.29, 0.717) is 12.8 Å². The lowest BCUT2D eigenvalue weighted by atomic mass is 9.90. The van der Waals surface area contributed by atoms with Crippen molar-refractivity contribution in [1.82, 2.24) is 0 Å². The molecule has 0 saturated carbocycles. The summed E-state index contributed by atoms with van der Waals surface area (Å²) in [4.78, 5) is 24.1. The lowest BCUT2D eigenvalue weighted by molar-refractivity contribution is -0.141. The van der Waals surface area contributed by atoms with Crippen LogP contribution in [0.5, 0.6) is 0 Å². The van der Waals surface area contributed by atoms with Crippen LogP contribution >= 0.6 is 7.92 Å². The second kappa shape index (κ2) is 13.0. The van der Waals surface area contributed by atoms with Gasteiger partial charge in [0, 0.05) is 12.8 Å². The van der Waals surface area contributed by atoms with E-state index in [-0.39, 0.29) is 24.8 Å². The summed E-state index contributed by atoms with van der Waals surface area (Å²) in [6.45, 7) is 0. The first-order valence-electron chi connectivity index (χ1n) is 12.4. The number of carbonyl (C=O) groups excluding carboxylic acids is 2. The first-order chi connectivity index (χ1) is 18.1. The summed E-state index contributed by atoms with van der Waals surface area (Å²) in [5.74, 6) is -0.481. The maximum absolute atomic E-state index is 12.0. The highest BCUT2D eigenvalue weighted by Gasteiger charge is 2.23. The summed E-state index contributed by atoms with van der Waals surface area (Å²) in [6, 6.07) is 35.9. The van der Waals surface area contributed by atoms with E-state index in [1.54, 1.807) is 0 Å². The third kappa shape index (κ3) is 6.53. The van der Waals surface area contributed by atoms with Gasteiger partial charge >= 0.3 is 11.9 Å². The Morgan fingerprint density at radius 3 is 1.54 bits per heavy atom. The fourth-order valence-corrected chi connectivity index (χ4v) is 7.01. The van der Waals surface area contributed by atoms with Crippen molar-refractivity contribution in [1.29, 1.82) is 0 Å². The van der Waals surface area contributed by atoms with Crippen LogP contribution in [0.2, 0.25) is 0 Å². The standard InChI is InChI=1S/C32H31O4P/c1-35-30(33)22-20-24-12-11-13-25(21-23-31(34)36-2)32(24)28-18-9-10-19-29(28)37(26-14-5-3-6-15-26)27-16-7-4-8-17-27/h3-19H,20-23H2,1-2H3. The first kappa shape index (κ1) is 26.3. The van der Waals surface area contributed by atoms with Gasteiger partial charge < -0.3 is 9.47 Å². The maximum atomic E-state index is 12.0. The van der Waals surface area contributed by atoms with E-state index in [0.717, 1.165) is 22.3 Å². The number of carbonyl (C=O) groups is 2. The number of benzene rings is 4. The number of rotatable bonds is 10. The topological polar surface area (TPSA) is 52.6 Å². The third-order valence-electron chi connectivity index (χ3n) is 6.33. The smallest absolute Gasteiger partial charge is 0.305 e. The van der Waals surface area contributed by atoms with Crippen molar-refractivity contribution < 1.29 is 19.1 Å². The van der Waals surface area contributed by atoms with Gasteiger partial charge in [-0.2, -0.15) is 0 Å². The third-order valence-corrected chi connectivity index (χ3v) is 8.83. The van der Waals surface area contributed by atoms with E-state index >= 15 is 0 Å². The molecule has 0 aliphatic heterocycles. The van der Waals surface area contributed by atoms with Crippen LogP contribution in [0, 0.1) is 0 Å². The van der Waals surface area contributed by atoms with Gasteiger partial charge in [-0.1, -0.05) is 103 Å². The van der Waals surface area contributed by atoms with Crippen LogP contribution in [0.15, 0.2) is 103 Å². The quantitative estimate of drug-likeness (QED) is 0.214. The summed E-state index contributed by atoms with van der Waals surface area (Å²) in [5.41, 5.74) is 4.35. The zero-order valence-corrected chi connectivity index (χ0v) is 22.1. The van der Waals surface area contributed by atoms with Gasteiger partial charge in [0.15, 0.2) is 0 Å². The molecule has 0 radical (unpaired) electrons. The molecule has 0 N–H and O–H groups in total. The Morgan fingerprint density at radius 1 is 0.595 bits per heavy atom. The molecular formula is C32H31O4P. The second-order valence-electron chi connectivity index (χ2n) is 8.63. The van der Waals surface area contributed by atoms with Crippen molar-refractivity contribution in [3.05, 3.63) is 114 Å². The van der Waals surface area contributed by atoms with Crippen molar-refractivity contribution in [2.45, 2.75) is 25.7 Å². The van der Waals surface area contributed by atoms with E-state index in [1.165, 1.54) is 30.1 Å². The van der Waals surface area contributed by atoms with Crippen LogP contribution in [0.25, 0.3) is 11.1 Å². The lowest BCUT2D eigenvalue weighted by Crippen LogP contribution is -2.22. The summed E-state index contributed by atoms with van der Waals surface area (Å²) in [6.07, 6.45) is 1.69. The average molecular weight is 511 g/mol. The van der Waals surface area contributed by atoms with Crippen molar-refractivity contribution in [3.63, 3.8) is 0 Å². The highest BCUT2D eigenvalue weighted by atomic mass is 31.1. The van der Waals surface area contributed by atoms with Gasteiger partial charge in [-0.15, -0.1) is 0 Å². The van der Waals surface area contributed by atoms with E-state index in [4.69, 9.17) is 9.47 Å². The minimum atomic E-state index is -0.848. The molecule has 0 bridgehead atoms. The molecule has 0 unspecified atom stereocenters. The van der Waals surface area contributed by atoms with Crippen molar-refractivity contribution in [2.24, 2.45) is 0 Å². The molecule has 4 aromatic carbocycles. The fraction of sp³-hybridized carbons (Fsp3) is 0.188. The SMILES string of the molecule is COC(=O)CCc1cccc(CCC(=O)OC)c1-c1ccccc1P(c1ccccc1)c1ccccc1. The van der Waals surface area contributed by atoms with Gasteiger partial charge in [0.2, 0.25) is 0 Å². The Hall–Kier alpha value is -3.75. The zero-order valence-electron chi connectivity index (χ0n) is 21.2. The number of esters is 2. The Morgan fingerprint density at radius 2 is 1.05 bits per heavy atom. The van der Waals surface area contributed by atoms with Crippen LogP contribution in [0.1, 0.15) is 24.0 Å². The van der Waals surface area contributed by atoms with Crippen LogP contribution < -0.4 is 15.9 Å². The van der Waals surface area contributed by atoms with E-state index < -0.39 is 7.92 Å². The predicted octanol–water partition coefficient (Wildman–Crippen LogP) is 5.32. The summed E-state index contributed by atoms with van der Waals surface area (Å²) in [5, 5.41) is 3.76. The molecule has 37 heavy (non-hydrogen) atoms. The zero-order chi connectivity index (χ0) is 26.0. The van der Waals surface area contributed by atoms with Gasteiger partial charge in [0.25, 0.3) is 0 Å². The van der Waals surface area contributed by atoms with Crippen LogP contribution in [-0.4, -0.2) is 26.2 Å². The van der Waals surface area contributed by atoms with Crippen molar-refractivity contribution in [2.75, 3.05) is 14.2 Å². The number of aryl methyl sites for hydroxylation is 2. The normalized spacial score (nSPS) is 10.8. The minimum absolute atomic E-state index is 0.241. The summed E-state index contributed by atoms with van der Waals surface area (Å²) < 4.78 is 9.84. The van der Waals surface area contributed by atoms with Gasteiger partial charge in [0.05, 0.1) is 14.2 Å². The van der Waals surface area contributed by atoms with E-state index in [9.17, 15) is 9.59 Å². The molecule has 0 aliphatic rings. The predicted molar refractivity (Wildman–Crippen MR) is 151 cm³/mol. The molecule has 4 nitrogen and oxygen atoms in total. The van der Waals surface area contributed by atoms with Gasteiger partial charge in [0.1, 0.15) is 0 Å². The maximum Gasteiger partial charge on any atom is 0.305 e. The lowest BCUT2D eigenvalue weighted by Gasteiger charge is -2.25. The van der Waals surface area contributed by atoms with Crippen LogP contribution in [-0.2, 0) is 31.9 Å². The van der Waals surface area contributed by atoms with Gasteiger partial charge in [-0.05, 0) is 58.9 Å². The second-order valence-corrected chi connectivity index (χ2v) is 10.8. The van der Waals surface area contributed by atoms with E-state index in [1.807, 2.05) is 18.2 Å². The molecule has 0 heterocycles. The van der Waals surface area contributed by atoms with Gasteiger partial charge in [-0.3, -0.25) is 9.59 Å². The Bertz CT molecular complexity index is 1260. The Balaban J connectivity index is 1.90. The summed E-state index contributed by atoms with van der Waals surface area (Å²) in [7, 11) is 1.98. The first-order valence-corrected chi connectivity index (χ1v) is 13.7. The van der Waals surface area contributed by atoms with Crippen molar-refractivity contribution >= 4 is 35.8 Å². The molecule has 0 atom stereocenters. The fourth-order valence-electron chi connectivity index (χ4n) is 4.55. The number of ether oxygens (including phenoxy) is 2. The highest BCUT2D eigenvalue weighted by Crippen LogP contribution is 2.39. The molecular weight excluding hydrogens is 479 g/mol. The largest absolute Gasteiger partial charge is 0.469 e. The number of hydrogen-bond donors (Lipinski definition) is 0. The monoisotopic (exact) mass is 510 g/mol. The van der Waals surface area contributed by atoms with Crippen LogP contribution in [0.3, 0.4) is 0 Å². The molecule has 0 fully saturated rings. The molecule has 0 spiro atoms. The Labute approximate surface area is 220 Å². The molecule has 5 heteroatoms. The highest BCUT2D eigenvalue weighted by molar-refractivity contribution is 7.80. The van der Waals surface area contributed by atoms with E-state index in [2.05, 4.69) is 84.9 Å². The molecule has 4 aromatic rings. The summed E-state index contributed by atoms with van der Waals surface area (Å²) >= 11 is 0. The molecule has 0 saturated heterocycles. The molecule has 0 amide bonds. The average Bonchev–Trinajstić information content (AvgIpc) is 2.96.